The number of aliphatic hydroxyl groups is 1. The van der Waals surface area contributed by atoms with Crippen LogP contribution in [0, 0.1) is 12.8 Å². The SMILES string of the molecule is Cc1ccc(C(CNC(=O)N[C@@H]2C=C[C@H](CO)C2)N(C)C)cc1. The largest absolute Gasteiger partial charge is 0.396 e. The second-order valence-electron chi connectivity index (χ2n) is 6.41. The van der Waals surface area contributed by atoms with E-state index in [0.29, 0.717) is 6.54 Å². The van der Waals surface area contributed by atoms with Crippen molar-refractivity contribution in [2.24, 2.45) is 5.92 Å². The zero-order valence-corrected chi connectivity index (χ0v) is 14.1. The Morgan fingerprint density at radius 1 is 1.30 bits per heavy atom. The maximum Gasteiger partial charge on any atom is 0.315 e. The van der Waals surface area contributed by atoms with E-state index >= 15 is 0 Å². The zero-order chi connectivity index (χ0) is 16.8. The lowest BCUT2D eigenvalue weighted by Gasteiger charge is -2.25. The molecule has 2 amide bonds. The molecule has 3 atom stereocenters. The Bertz CT molecular complexity index is 540. The highest BCUT2D eigenvalue weighted by atomic mass is 16.3. The smallest absolute Gasteiger partial charge is 0.315 e. The molecule has 0 aliphatic heterocycles. The Kier molecular flexibility index (Phi) is 6.19. The molecule has 23 heavy (non-hydrogen) atoms. The number of aliphatic hydroxyl groups excluding tert-OH is 1. The van der Waals surface area contributed by atoms with Crippen LogP contribution in [0.15, 0.2) is 36.4 Å². The molecule has 1 aromatic rings. The second kappa shape index (κ2) is 8.13. The third kappa shape index (κ3) is 5.08. The molecule has 1 aliphatic carbocycles. The van der Waals surface area contributed by atoms with E-state index in [0.717, 1.165) is 6.42 Å². The van der Waals surface area contributed by atoms with Crippen molar-refractivity contribution in [3.8, 4) is 0 Å². The van der Waals surface area contributed by atoms with Crippen LogP contribution >= 0.6 is 0 Å². The number of benzene rings is 1. The summed E-state index contributed by atoms with van der Waals surface area (Å²) in [7, 11) is 4.02. The number of carbonyl (C=O) groups excluding carboxylic acids is 1. The van der Waals surface area contributed by atoms with Crippen molar-refractivity contribution in [3.05, 3.63) is 47.5 Å². The van der Waals surface area contributed by atoms with Crippen LogP contribution in [0.2, 0.25) is 0 Å². The predicted octanol–water partition coefficient (Wildman–Crippen LogP) is 1.83. The van der Waals surface area contributed by atoms with Gasteiger partial charge in [-0.3, -0.25) is 0 Å². The highest BCUT2D eigenvalue weighted by Gasteiger charge is 2.20. The van der Waals surface area contributed by atoms with Gasteiger partial charge in [0.25, 0.3) is 0 Å². The first-order chi connectivity index (χ1) is 11.0. The van der Waals surface area contributed by atoms with Crippen LogP contribution in [0.1, 0.15) is 23.6 Å². The number of urea groups is 1. The third-order valence-corrected chi connectivity index (χ3v) is 4.26. The van der Waals surface area contributed by atoms with Gasteiger partial charge in [0.2, 0.25) is 0 Å². The number of likely N-dealkylation sites (N-methyl/N-ethyl adjacent to an activating group) is 1. The van der Waals surface area contributed by atoms with Crippen molar-refractivity contribution in [1.82, 2.24) is 15.5 Å². The Hall–Kier alpha value is -1.85. The van der Waals surface area contributed by atoms with Gasteiger partial charge in [-0.2, -0.15) is 0 Å². The first-order valence-corrected chi connectivity index (χ1v) is 8.06. The number of aryl methyl sites for hydroxylation is 1. The molecule has 5 nitrogen and oxygen atoms in total. The number of amides is 2. The van der Waals surface area contributed by atoms with Gasteiger partial charge >= 0.3 is 6.03 Å². The average Bonchev–Trinajstić information content (AvgIpc) is 2.96. The fourth-order valence-corrected chi connectivity index (χ4v) is 2.81. The van der Waals surface area contributed by atoms with Gasteiger partial charge in [0.05, 0.1) is 6.04 Å². The molecule has 1 aliphatic rings. The van der Waals surface area contributed by atoms with Crippen LogP contribution in [-0.2, 0) is 0 Å². The molecule has 0 heterocycles. The van der Waals surface area contributed by atoms with Crippen molar-refractivity contribution in [3.63, 3.8) is 0 Å². The summed E-state index contributed by atoms with van der Waals surface area (Å²) in [5.74, 6) is 0.155. The van der Waals surface area contributed by atoms with E-state index in [4.69, 9.17) is 5.11 Å². The first-order valence-electron chi connectivity index (χ1n) is 8.06. The lowest BCUT2D eigenvalue weighted by Crippen LogP contribution is -2.44. The Morgan fingerprint density at radius 3 is 2.57 bits per heavy atom. The van der Waals surface area contributed by atoms with Crippen LogP contribution in [0.25, 0.3) is 0 Å². The van der Waals surface area contributed by atoms with E-state index in [-0.39, 0.29) is 30.6 Å². The lowest BCUT2D eigenvalue weighted by molar-refractivity contribution is 0.225. The molecule has 3 N–H and O–H groups in total. The summed E-state index contributed by atoms with van der Waals surface area (Å²) in [4.78, 5) is 14.2. The summed E-state index contributed by atoms with van der Waals surface area (Å²) in [6.07, 6.45) is 4.67. The summed E-state index contributed by atoms with van der Waals surface area (Å²) in [5, 5.41) is 15.0. The standard InChI is InChI=1S/C18H27N3O2/c1-13-4-7-15(8-5-13)17(21(2)3)11-19-18(23)20-16-9-6-14(10-16)12-22/h4-9,14,16-17,22H,10-12H2,1-3H3,(H2,19,20,23)/t14-,16+,17?/m0/s1. The molecule has 5 heteroatoms. The minimum absolute atomic E-state index is 0.00401. The van der Waals surface area contributed by atoms with E-state index in [2.05, 4.69) is 46.7 Å². The topological polar surface area (TPSA) is 64.6 Å². The number of nitrogens with one attached hydrogen (secondary N) is 2. The van der Waals surface area contributed by atoms with E-state index in [1.54, 1.807) is 0 Å². The average molecular weight is 317 g/mol. The van der Waals surface area contributed by atoms with Gasteiger partial charge < -0.3 is 20.6 Å². The summed E-state index contributed by atoms with van der Waals surface area (Å²) in [5.41, 5.74) is 2.41. The number of hydrogen-bond acceptors (Lipinski definition) is 3. The molecule has 126 valence electrons. The molecular formula is C18H27N3O2. The van der Waals surface area contributed by atoms with Gasteiger partial charge in [0, 0.05) is 25.1 Å². The maximum atomic E-state index is 12.1. The highest BCUT2D eigenvalue weighted by Crippen LogP contribution is 2.18. The monoisotopic (exact) mass is 317 g/mol. The Morgan fingerprint density at radius 2 is 2.00 bits per heavy atom. The molecule has 2 rings (SSSR count). The molecule has 0 spiro atoms. The van der Waals surface area contributed by atoms with E-state index in [9.17, 15) is 4.79 Å². The summed E-state index contributed by atoms with van der Waals surface area (Å²) >= 11 is 0. The van der Waals surface area contributed by atoms with Gasteiger partial charge in [0.1, 0.15) is 0 Å². The maximum absolute atomic E-state index is 12.1. The molecule has 1 aromatic carbocycles. The van der Waals surface area contributed by atoms with Crippen LogP contribution in [0.5, 0.6) is 0 Å². The second-order valence-corrected chi connectivity index (χ2v) is 6.41. The summed E-state index contributed by atoms with van der Waals surface area (Å²) in [6.45, 7) is 2.74. The molecule has 0 saturated heterocycles. The molecule has 0 radical (unpaired) electrons. The lowest BCUT2D eigenvalue weighted by atomic mass is 10.0. The summed E-state index contributed by atoms with van der Waals surface area (Å²) in [6, 6.07) is 8.34. The van der Waals surface area contributed by atoms with Crippen molar-refractivity contribution in [1.29, 1.82) is 0 Å². The van der Waals surface area contributed by atoms with Crippen molar-refractivity contribution in [2.75, 3.05) is 27.2 Å². The highest BCUT2D eigenvalue weighted by molar-refractivity contribution is 5.74. The van der Waals surface area contributed by atoms with Gasteiger partial charge in [-0.05, 0) is 33.0 Å². The number of carbonyl (C=O) groups is 1. The van der Waals surface area contributed by atoms with E-state index in [1.165, 1.54) is 11.1 Å². The predicted molar refractivity (Wildman–Crippen MR) is 92.3 cm³/mol. The summed E-state index contributed by atoms with van der Waals surface area (Å²) < 4.78 is 0. The third-order valence-electron chi connectivity index (χ3n) is 4.26. The van der Waals surface area contributed by atoms with Gasteiger partial charge in [-0.25, -0.2) is 4.79 Å². The molecule has 0 fully saturated rings. The van der Waals surface area contributed by atoms with Crippen molar-refractivity contribution in [2.45, 2.75) is 25.4 Å². The molecule has 1 unspecified atom stereocenters. The molecule has 0 saturated carbocycles. The fourth-order valence-electron chi connectivity index (χ4n) is 2.81. The van der Waals surface area contributed by atoms with Crippen molar-refractivity contribution < 1.29 is 9.90 Å². The Labute approximate surface area is 138 Å². The number of rotatable bonds is 6. The Balaban J connectivity index is 1.85. The minimum Gasteiger partial charge on any atom is -0.396 e. The number of hydrogen-bond donors (Lipinski definition) is 3. The van der Waals surface area contributed by atoms with Gasteiger partial charge in [-0.1, -0.05) is 42.0 Å². The van der Waals surface area contributed by atoms with E-state index in [1.807, 2.05) is 26.2 Å². The minimum atomic E-state index is -0.169. The molecule has 0 bridgehead atoms. The quantitative estimate of drug-likeness (QED) is 0.702. The number of nitrogens with zero attached hydrogens (tertiary/aromatic N) is 1. The van der Waals surface area contributed by atoms with Crippen molar-refractivity contribution >= 4 is 6.03 Å². The molecule has 0 aromatic heterocycles. The fraction of sp³-hybridized carbons (Fsp3) is 0.500. The van der Waals surface area contributed by atoms with Crippen LogP contribution in [-0.4, -0.2) is 49.3 Å². The van der Waals surface area contributed by atoms with Gasteiger partial charge in [-0.15, -0.1) is 0 Å². The van der Waals surface area contributed by atoms with Gasteiger partial charge in [0.15, 0.2) is 0 Å². The van der Waals surface area contributed by atoms with Crippen LogP contribution in [0.3, 0.4) is 0 Å². The normalized spacial score (nSPS) is 21.4. The van der Waals surface area contributed by atoms with Crippen LogP contribution in [0.4, 0.5) is 4.79 Å². The van der Waals surface area contributed by atoms with Crippen LogP contribution < -0.4 is 10.6 Å². The van der Waals surface area contributed by atoms with E-state index < -0.39 is 0 Å². The molecular weight excluding hydrogens is 290 g/mol. The first kappa shape index (κ1) is 17.5. The zero-order valence-electron chi connectivity index (χ0n) is 14.1.